The SMILES string of the molecule is CCCCCCCC1CCC(c2ccc(-c3ccc(-c4ccc(OCC)c(F)c4F)cc3)c(F)c2F)CO1. The highest BCUT2D eigenvalue weighted by molar-refractivity contribution is 5.71. The van der Waals surface area contributed by atoms with Gasteiger partial charge < -0.3 is 9.47 Å². The molecular formula is C32H36F4O2. The minimum absolute atomic E-state index is 0.0658. The number of unbranched alkanes of at least 4 members (excludes halogenated alkanes) is 4. The normalized spacial score (nSPS) is 17.5. The lowest BCUT2D eigenvalue weighted by Gasteiger charge is -2.30. The minimum atomic E-state index is -1.05. The van der Waals surface area contributed by atoms with Crippen molar-refractivity contribution in [1.29, 1.82) is 0 Å². The van der Waals surface area contributed by atoms with E-state index >= 15 is 8.78 Å². The second-order valence-electron chi connectivity index (χ2n) is 10.0. The summed E-state index contributed by atoms with van der Waals surface area (Å²) >= 11 is 0. The minimum Gasteiger partial charge on any atom is -0.491 e. The number of halogens is 4. The fraction of sp³-hybridized carbons (Fsp3) is 0.438. The van der Waals surface area contributed by atoms with Gasteiger partial charge in [-0.2, -0.15) is 4.39 Å². The quantitative estimate of drug-likeness (QED) is 0.182. The maximum absolute atomic E-state index is 15.2. The Hall–Kier alpha value is -2.86. The van der Waals surface area contributed by atoms with E-state index in [1.54, 1.807) is 43.3 Å². The first-order chi connectivity index (χ1) is 18.4. The van der Waals surface area contributed by atoms with Crippen LogP contribution in [-0.2, 0) is 4.74 Å². The highest BCUT2D eigenvalue weighted by Crippen LogP contribution is 2.36. The maximum Gasteiger partial charge on any atom is 0.201 e. The fourth-order valence-corrected chi connectivity index (χ4v) is 5.21. The third-order valence-corrected chi connectivity index (χ3v) is 7.41. The smallest absolute Gasteiger partial charge is 0.201 e. The van der Waals surface area contributed by atoms with Crippen LogP contribution in [-0.4, -0.2) is 19.3 Å². The van der Waals surface area contributed by atoms with Crippen LogP contribution in [0.15, 0.2) is 48.5 Å². The van der Waals surface area contributed by atoms with E-state index in [9.17, 15) is 8.78 Å². The van der Waals surface area contributed by atoms with Crippen LogP contribution in [0.4, 0.5) is 17.6 Å². The Morgan fingerprint density at radius 3 is 1.95 bits per heavy atom. The molecule has 0 aromatic heterocycles. The molecule has 0 N–H and O–H groups in total. The zero-order valence-corrected chi connectivity index (χ0v) is 22.2. The summed E-state index contributed by atoms with van der Waals surface area (Å²) in [6, 6.07) is 12.3. The molecule has 0 bridgehead atoms. The molecule has 1 saturated heterocycles. The van der Waals surface area contributed by atoms with E-state index in [2.05, 4.69) is 6.92 Å². The van der Waals surface area contributed by atoms with Gasteiger partial charge >= 0.3 is 0 Å². The predicted octanol–water partition coefficient (Wildman–Crippen LogP) is 9.60. The molecule has 2 nitrogen and oxygen atoms in total. The van der Waals surface area contributed by atoms with Crippen LogP contribution in [0.2, 0.25) is 0 Å². The van der Waals surface area contributed by atoms with Crippen molar-refractivity contribution in [3.8, 4) is 28.0 Å². The Bertz CT molecular complexity index is 1200. The van der Waals surface area contributed by atoms with Crippen molar-refractivity contribution in [2.24, 2.45) is 0 Å². The first kappa shape index (κ1) is 28.2. The second kappa shape index (κ2) is 13.3. The van der Waals surface area contributed by atoms with Gasteiger partial charge in [-0.1, -0.05) is 75.4 Å². The highest BCUT2D eigenvalue weighted by Gasteiger charge is 2.27. The third kappa shape index (κ3) is 6.40. The molecule has 2 atom stereocenters. The first-order valence-corrected chi connectivity index (χ1v) is 13.8. The highest BCUT2D eigenvalue weighted by atomic mass is 19.2. The van der Waals surface area contributed by atoms with E-state index in [0.29, 0.717) is 23.3 Å². The largest absolute Gasteiger partial charge is 0.491 e. The molecule has 38 heavy (non-hydrogen) atoms. The van der Waals surface area contributed by atoms with E-state index in [1.165, 1.54) is 37.8 Å². The second-order valence-corrected chi connectivity index (χ2v) is 10.0. The molecule has 0 spiro atoms. The molecule has 0 aliphatic carbocycles. The molecule has 2 unspecified atom stereocenters. The van der Waals surface area contributed by atoms with Gasteiger partial charge in [-0.25, -0.2) is 13.2 Å². The molecule has 1 fully saturated rings. The van der Waals surface area contributed by atoms with Gasteiger partial charge in [-0.15, -0.1) is 0 Å². The molecule has 0 saturated carbocycles. The van der Waals surface area contributed by atoms with Gasteiger partial charge in [-0.05, 0) is 55.0 Å². The zero-order valence-electron chi connectivity index (χ0n) is 22.2. The van der Waals surface area contributed by atoms with Crippen molar-refractivity contribution >= 4 is 0 Å². The molecule has 4 rings (SSSR count). The van der Waals surface area contributed by atoms with Crippen molar-refractivity contribution in [3.63, 3.8) is 0 Å². The van der Waals surface area contributed by atoms with Crippen LogP contribution in [0, 0.1) is 23.3 Å². The Balaban J connectivity index is 1.43. The van der Waals surface area contributed by atoms with Crippen molar-refractivity contribution in [2.45, 2.75) is 77.2 Å². The van der Waals surface area contributed by atoms with Crippen LogP contribution < -0.4 is 4.74 Å². The van der Waals surface area contributed by atoms with Crippen molar-refractivity contribution in [3.05, 3.63) is 77.4 Å². The summed E-state index contributed by atoms with van der Waals surface area (Å²) in [5, 5.41) is 0. The monoisotopic (exact) mass is 528 g/mol. The average Bonchev–Trinajstić information content (AvgIpc) is 2.93. The van der Waals surface area contributed by atoms with Gasteiger partial charge in [-0.3, -0.25) is 0 Å². The molecular weight excluding hydrogens is 492 g/mol. The third-order valence-electron chi connectivity index (χ3n) is 7.41. The Morgan fingerprint density at radius 2 is 1.34 bits per heavy atom. The first-order valence-electron chi connectivity index (χ1n) is 13.8. The molecule has 3 aromatic carbocycles. The van der Waals surface area contributed by atoms with Crippen LogP contribution in [0.3, 0.4) is 0 Å². The van der Waals surface area contributed by atoms with E-state index in [0.717, 1.165) is 25.7 Å². The maximum atomic E-state index is 15.2. The van der Waals surface area contributed by atoms with Crippen LogP contribution in [0.25, 0.3) is 22.3 Å². The van der Waals surface area contributed by atoms with Crippen molar-refractivity contribution in [1.82, 2.24) is 0 Å². The zero-order chi connectivity index (χ0) is 27.1. The standard InChI is InChI=1S/C32H36F4O2/c1-3-5-6-7-8-9-24-15-14-23(20-38-24)27-17-16-25(29(33)30(27)34)21-10-12-22(13-11-21)26-18-19-28(37-4-2)32(36)31(26)35/h10-13,16-19,23-24H,3-9,14-15,20H2,1-2H3. The topological polar surface area (TPSA) is 18.5 Å². The molecule has 0 radical (unpaired) electrons. The summed E-state index contributed by atoms with van der Waals surface area (Å²) in [7, 11) is 0. The fourth-order valence-electron chi connectivity index (χ4n) is 5.21. The molecule has 3 aromatic rings. The van der Waals surface area contributed by atoms with E-state index in [4.69, 9.17) is 9.47 Å². The molecule has 204 valence electrons. The Kier molecular flexibility index (Phi) is 9.84. The van der Waals surface area contributed by atoms with Crippen molar-refractivity contribution in [2.75, 3.05) is 13.2 Å². The number of rotatable bonds is 11. The van der Waals surface area contributed by atoms with Crippen LogP contribution in [0.1, 0.15) is 76.7 Å². The van der Waals surface area contributed by atoms with Gasteiger partial charge in [0.2, 0.25) is 5.82 Å². The van der Waals surface area contributed by atoms with Gasteiger partial charge in [0.05, 0.1) is 19.3 Å². The number of ether oxygens (including phenoxy) is 2. The summed E-state index contributed by atoms with van der Waals surface area (Å²) in [6.07, 6.45) is 8.94. The summed E-state index contributed by atoms with van der Waals surface area (Å²) in [5.74, 6) is -4.15. The number of hydrogen-bond donors (Lipinski definition) is 0. The van der Waals surface area contributed by atoms with E-state index in [1.807, 2.05) is 0 Å². The lowest BCUT2D eigenvalue weighted by Crippen LogP contribution is -2.25. The summed E-state index contributed by atoms with van der Waals surface area (Å²) in [6.45, 7) is 4.51. The van der Waals surface area contributed by atoms with Gasteiger partial charge in [0, 0.05) is 17.0 Å². The van der Waals surface area contributed by atoms with Gasteiger partial charge in [0.1, 0.15) is 0 Å². The Labute approximate surface area is 223 Å². The van der Waals surface area contributed by atoms with Crippen LogP contribution >= 0.6 is 0 Å². The van der Waals surface area contributed by atoms with Gasteiger partial charge in [0.15, 0.2) is 23.2 Å². The molecule has 0 amide bonds. The molecule has 1 heterocycles. The van der Waals surface area contributed by atoms with E-state index < -0.39 is 23.3 Å². The number of hydrogen-bond acceptors (Lipinski definition) is 2. The Morgan fingerprint density at radius 1 is 0.711 bits per heavy atom. The van der Waals surface area contributed by atoms with Crippen LogP contribution in [0.5, 0.6) is 5.75 Å². The lowest BCUT2D eigenvalue weighted by molar-refractivity contribution is -0.00283. The lowest BCUT2D eigenvalue weighted by atomic mass is 9.88. The molecule has 1 aliphatic rings. The summed E-state index contributed by atoms with van der Waals surface area (Å²) in [4.78, 5) is 0. The van der Waals surface area contributed by atoms with Gasteiger partial charge in [0.25, 0.3) is 0 Å². The summed E-state index contributed by atoms with van der Waals surface area (Å²) < 4.78 is 70.3. The van der Waals surface area contributed by atoms with Crippen molar-refractivity contribution < 1.29 is 27.0 Å². The average molecular weight is 529 g/mol. The van der Waals surface area contributed by atoms with E-state index in [-0.39, 0.29) is 35.5 Å². The predicted molar refractivity (Wildman–Crippen MR) is 143 cm³/mol. The molecule has 1 aliphatic heterocycles. The molecule has 6 heteroatoms. The number of benzene rings is 3. The summed E-state index contributed by atoms with van der Waals surface area (Å²) in [5.41, 5.74) is 1.40.